The van der Waals surface area contributed by atoms with Crippen LogP contribution in [0.25, 0.3) is 0 Å². The van der Waals surface area contributed by atoms with Crippen molar-refractivity contribution in [3.05, 3.63) is 35.9 Å². The normalized spacial score (nSPS) is 14.7. The number of allylic oxidation sites excluding steroid dienone is 1. The summed E-state index contributed by atoms with van der Waals surface area (Å²) in [5.41, 5.74) is 1.10. The van der Waals surface area contributed by atoms with Crippen LogP contribution in [0.5, 0.6) is 11.5 Å². The van der Waals surface area contributed by atoms with Gasteiger partial charge < -0.3 is 19.1 Å². The third kappa shape index (κ3) is 5.74. The molecule has 1 fully saturated rings. The molecule has 27 heavy (non-hydrogen) atoms. The Morgan fingerprint density at radius 1 is 1.07 bits per heavy atom. The van der Waals surface area contributed by atoms with Crippen LogP contribution in [0.4, 0.5) is 0 Å². The lowest BCUT2D eigenvalue weighted by Crippen LogP contribution is -2.36. The van der Waals surface area contributed by atoms with Crippen molar-refractivity contribution in [1.82, 2.24) is 4.90 Å². The Hall–Kier alpha value is -2.50. The van der Waals surface area contributed by atoms with E-state index in [9.17, 15) is 9.59 Å². The summed E-state index contributed by atoms with van der Waals surface area (Å²) < 4.78 is 16.0. The van der Waals surface area contributed by atoms with Gasteiger partial charge in [0.2, 0.25) is 0 Å². The number of esters is 1. The molecule has 2 rings (SSSR count). The lowest BCUT2D eigenvalue weighted by Gasteiger charge is -2.24. The molecule has 0 spiro atoms. The van der Waals surface area contributed by atoms with E-state index >= 15 is 0 Å². The molecular weight excluding hydrogens is 346 g/mol. The summed E-state index contributed by atoms with van der Waals surface area (Å²) in [4.78, 5) is 26.6. The van der Waals surface area contributed by atoms with Gasteiger partial charge in [0.15, 0.2) is 18.1 Å². The van der Waals surface area contributed by atoms with E-state index in [0.717, 1.165) is 44.3 Å². The summed E-state index contributed by atoms with van der Waals surface area (Å²) in [5.74, 6) is 0.309. The lowest BCUT2D eigenvalue weighted by atomic mass is 10.1. The van der Waals surface area contributed by atoms with Gasteiger partial charge in [0.25, 0.3) is 5.91 Å². The molecule has 0 aromatic heterocycles. The Balaban J connectivity index is 2.05. The Kier molecular flexibility index (Phi) is 8.17. The number of benzene rings is 1. The molecule has 0 saturated carbocycles. The van der Waals surface area contributed by atoms with Gasteiger partial charge in [-0.15, -0.1) is 6.58 Å². The molecule has 6 heteroatoms. The highest BCUT2D eigenvalue weighted by molar-refractivity contribution is 5.92. The number of carbonyl (C=O) groups excluding carboxylic acids is 2. The SMILES string of the molecule is C=CCc1cc(C(=O)OCC(=O)N2CCCCCCC2)cc(OC)c1OC. The molecule has 1 aromatic rings. The number of nitrogens with zero attached hydrogens (tertiary/aromatic N) is 1. The summed E-state index contributed by atoms with van der Waals surface area (Å²) in [6.45, 7) is 4.94. The van der Waals surface area contributed by atoms with Crippen molar-refractivity contribution in [2.75, 3.05) is 33.9 Å². The molecule has 0 bridgehead atoms. The maximum atomic E-state index is 12.5. The van der Waals surface area contributed by atoms with Crippen molar-refractivity contribution < 1.29 is 23.8 Å². The van der Waals surface area contributed by atoms with E-state index in [4.69, 9.17) is 14.2 Å². The molecule has 0 aliphatic carbocycles. The van der Waals surface area contributed by atoms with Crippen molar-refractivity contribution in [1.29, 1.82) is 0 Å². The molecule has 0 N–H and O–H groups in total. The van der Waals surface area contributed by atoms with Gasteiger partial charge in [0.1, 0.15) is 0 Å². The Morgan fingerprint density at radius 3 is 2.33 bits per heavy atom. The molecule has 6 nitrogen and oxygen atoms in total. The molecule has 1 heterocycles. The fourth-order valence-electron chi connectivity index (χ4n) is 3.27. The second kappa shape index (κ2) is 10.6. The zero-order chi connectivity index (χ0) is 19.6. The van der Waals surface area contributed by atoms with Crippen LogP contribution in [0, 0.1) is 0 Å². The van der Waals surface area contributed by atoms with Crippen LogP contribution in [-0.2, 0) is 16.0 Å². The maximum Gasteiger partial charge on any atom is 0.338 e. The topological polar surface area (TPSA) is 65.1 Å². The Bertz CT molecular complexity index is 663. The van der Waals surface area contributed by atoms with Crippen LogP contribution < -0.4 is 9.47 Å². The second-order valence-electron chi connectivity index (χ2n) is 6.59. The van der Waals surface area contributed by atoms with Gasteiger partial charge in [0.05, 0.1) is 19.8 Å². The zero-order valence-corrected chi connectivity index (χ0v) is 16.3. The predicted octanol–water partition coefficient (Wildman–Crippen LogP) is 3.38. The number of hydrogen-bond acceptors (Lipinski definition) is 5. The molecular formula is C21H29NO5. The number of methoxy groups -OCH3 is 2. The van der Waals surface area contributed by atoms with E-state index in [1.54, 1.807) is 30.2 Å². The summed E-state index contributed by atoms with van der Waals surface area (Å²) in [6.07, 6.45) is 7.75. The third-order valence-corrected chi connectivity index (χ3v) is 4.69. The van der Waals surface area contributed by atoms with E-state index in [2.05, 4.69) is 6.58 Å². The molecule has 0 atom stereocenters. The minimum atomic E-state index is -0.554. The molecule has 0 radical (unpaired) electrons. The van der Waals surface area contributed by atoms with Crippen LogP contribution in [0.15, 0.2) is 24.8 Å². The first-order valence-electron chi connectivity index (χ1n) is 9.41. The Labute approximate surface area is 161 Å². The molecule has 1 aliphatic rings. The molecule has 148 valence electrons. The highest BCUT2D eigenvalue weighted by Crippen LogP contribution is 2.33. The summed E-state index contributed by atoms with van der Waals surface area (Å²) in [7, 11) is 3.06. The van der Waals surface area contributed by atoms with Gasteiger partial charge in [-0.3, -0.25) is 4.79 Å². The van der Waals surface area contributed by atoms with Gasteiger partial charge in [-0.25, -0.2) is 4.79 Å². The summed E-state index contributed by atoms with van der Waals surface area (Å²) in [6, 6.07) is 3.25. The number of hydrogen-bond donors (Lipinski definition) is 0. The van der Waals surface area contributed by atoms with Crippen LogP contribution >= 0.6 is 0 Å². The minimum Gasteiger partial charge on any atom is -0.493 e. The van der Waals surface area contributed by atoms with Gasteiger partial charge in [-0.2, -0.15) is 0 Å². The standard InChI is InChI=1S/C21H29NO5/c1-4-10-16-13-17(14-18(25-2)20(16)26-3)21(24)27-15-19(23)22-11-8-6-5-7-9-12-22/h4,13-14H,1,5-12,15H2,2-3H3. The first-order valence-corrected chi connectivity index (χ1v) is 9.41. The lowest BCUT2D eigenvalue weighted by molar-refractivity contribution is -0.134. The van der Waals surface area contributed by atoms with Crippen LogP contribution in [0.2, 0.25) is 0 Å². The minimum absolute atomic E-state index is 0.142. The molecule has 1 amide bonds. The van der Waals surface area contributed by atoms with Crippen LogP contribution in [0.1, 0.15) is 48.0 Å². The Morgan fingerprint density at radius 2 is 1.74 bits per heavy atom. The van der Waals surface area contributed by atoms with E-state index in [1.165, 1.54) is 13.5 Å². The van der Waals surface area contributed by atoms with Crippen LogP contribution in [-0.4, -0.2) is 50.7 Å². The van der Waals surface area contributed by atoms with Gasteiger partial charge >= 0.3 is 5.97 Å². The molecule has 1 aromatic carbocycles. The molecule has 1 aliphatic heterocycles. The van der Waals surface area contributed by atoms with Crippen molar-refractivity contribution in [3.63, 3.8) is 0 Å². The largest absolute Gasteiger partial charge is 0.493 e. The number of ether oxygens (including phenoxy) is 3. The van der Waals surface area contributed by atoms with Crippen molar-refractivity contribution >= 4 is 11.9 Å². The first kappa shape index (κ1) is 20.8. The third-order valence-electron chi connectivity index (χ3n) is 4.69. The van der Waals surface area contributed by atoms with E-state index < -0.39 is 5.97 Å². The van der Waals surface area contributed by atoms with Gasteiger partial charge in [-0.1, -0.05) is 25.3 Å². The molecule has 0 unspecified atom stereocenters. The average Bonchev–Trinajstić information content (AvgIpc) is 2.65. The highest BCUT2D eigenvalue weighted by atomic mass is 16.5. The molecule has 1 saturated heterocycles. The number of likely N-dealkylation sites (tertiary alicyclic amines) is 1. The van der Waals surface area contributed by atoms with Crippen molar-refractivity contribution in [2.24, 2.45) is 0 Å². The predicted molar refractivity (Wildman–Crippen MR) is 103 cm³/mol. The monoisotopic (exact) mass is 375 g/mol. The zero-order valence-electron chi connectivity index (χ0n) is 16.3. The van der Waals surface area contributed by atoms with E-state index in [1.807, 2.05) is 0 Å². The number of amides is 1. The summed E-state index contributed by atoms with van der Waals surface area (Å²) in [5, 5.41) is 0. The second-order valence-corrected chi connectivity index (χ2v) is 6.59. The van der Waals surface area contributed by atoms with Gasteiger partial charge in [0, 0.05) is 18.7 Å². The van der Waals surface area contributed by atoms with Crippen molar-refractivity contribution in [2.45, 2.75) is 38.5 Å². The summed E-state index contributed by atoms with van der Waals surface area (Å²) >= 11 is 0. The fourth-order valence-corrected chi connectivity index (χ4v) is 3.27. The number of rotatable bonds is 7. The van der Waals surface area contributed by atoms with Crippen molar-refractivity contribution in [3.8, 4) is 11.5 Å². The van der Waals surface area contributed by atoms with E-state index in [0.29, 0.717) is 23.5 Å². The van der Waals surface area contributed by atoms with Gasteiger partial charge in [-0.05, 0) is 31.4 Å². The first-order chi connectivity index (χ1) is 13.1. The average molecular weight is 375 g/mol. The maximum absolute atomic E-state index is 12.5. The van der Waals surface area contributed by atoms with E-state index in [-0.39, 0.29) is 12.5 Å². The number of carbonyl (C=O) groups is 2. The van der Waals surface area contributed by atoms with Crippen LogP contribution in [0.3, 0.4) is 0 Å². The fraction of sp³-hybridized carbons (Fsp3) is 0.524. The quantitative estimate of drug-likeness (QED) is 0.540. The highest BCUT2D eigenvalue weighted by Gasteiger charge is 2.20. The smallest absolute Gasteiger partial charge is 0.338 e.